The second-order valence-electron chi connectivity index (χ2n) is 4.48. The molecule has 1 aromatic rings. The van der Waals surface area contributed by atoms with E-state index >= 15 is 0 Å². The number of hydrogen-bond donors (Lipinski definition) is 1. The molecule has 1 fully saturated rings. The number of aryl methyl sites for hydroxylation is 2. The third-order valence-corrected chi connectivity index (χ3v) is 4.16. The standard InChI is InChI=1S/C12H18N2O2S/c1-8-11(13-9(2)17-8)6-12(16)14-5-3-4-10(14)7-15/h10,15H,3-7H2,1-2H3. The molecule has 1 aliphatic heterocycles. The highest BCUT2D eigenvalue weighted by Crippen LogP contribution is 2.21. The van der Waals surface area contributed by atoms with E-state index in [-0.39, 0.29) is 18.6 Å². The molecule has 0 bridgehead atoms. The van der Waals surface area contributed by atoms with Gasteiger partial charge in [0.15, 0.2) is 0 Å². The SMILES string of the molecule is Cc1nc(CC(=O)N2CCCC2CO)c(C)s1. The quantitative estimate of drug-likeness (QED) is 0.884. The van der Waals surface area contributed by atoms with Crippen molar-refractivity contribution in [2.75, 3.05) is 13.2 Å². The lowest BCUT2D eigenvalue weighted by atomic mass is 10.2. The van der Waals surface area contributed by atoms with Gasteiger partial charge in [-0.15, -0.1) is 11.3 Å². The normalized spacial score (nSPS) is 19.9. The fourth-order valence-corrected chi connectivity index (χ4v) is 3.17. The van der Waals surface area contributed by atoms with Crippen LogP contribution < -0.4 is 0 Å². The Kier molecular flexibility index (Phi) is 3.79. The Balaban J connectivity index is 2.04. The van der Waals surface area contributed by atoms with Gasteiger partial charge in [-0.05, 0) is 26.7 Å². The van der Waals surface area contributed by atoms with Crippen LogP contribution in [0.15, 0.2) is 0 Å². The summed E-state index contributed by atoms with van der Waals surface area (Å²) in [5.74, 6) is 0.0925. The lowest BCUT2D eigenvalue weighted by molar-refractivity contribution is -0.132. The molecule has 1 aliphatic rings. The third-order valence-electron chi connectivity index (χ3n) is 3.23. The maximum absolute atomic E-state index is 12.1. The summed E-state index contributed by atoms with van der Waals surface area (Å²) < 4.78 is 0. The Hall–Kier alpha value is -0.940. The van der Waals surface area contributed by atoms with Gasteiger partial charge in [-0.1, -0.05) is 0 Å². The molecule has 0 spiro atoms. The fraction of sp³-hybridized carbons (Fsp3) is 0.667. The second-order valence-corrected chi connectivity index (χ2v) is 5.89. The summed E-state index contributed by atoms with van der Waals surface area (Å²) >= 11 is 1.63. The number of nitrogens with zero attached hydrogens (tertiary/aromatic N) is 2. The maximum atomic E-state index is 12.1. The Morgan fingerprint density at radius 1 is 1.59 bits per heavy atom. The van der Waals surface area contributed by atoms with E-state index in [9.17, 15) is 9.90 Å². The molecule has 0 saturated carbocycles. The summed E-state index contributed by atoms with van der Waals surface area (Å²) in [5.41, 5.74) is 0.890. The molecule has 1 N–H and O–H groups in total. The van der Waals surface area contributed by atoms with Gasteiger partial charge in [0.25, 0.3) is 0 Å². The number of hydrogen-bond acceptors (Lipinski definition) is 4. The Bertz CT molecular complexity index is 417. The van der Waals surface area contributed by atoms with E-state index in [1.54, 1.807) is 16.2 Å². The molecular weight excluding hydrogens is 236 g/mol. The summed E-state index contributed by atoms with van der Waals surface area (Å²) in [4.78, 5) is 19.4. The van der Waals surface area contributed by atoms with Gasteiger partial charge in [-0.2, -0.15) is 0 Å². The van der Waals surface area contributed by atoms with Gasteiger partial charge < -0.3 is 10.0 Å². The smallest absolute Gasteiger partial charge is 0.228 e. The minimum Gasteiger partial charge on any atom is -0.394 e. The Morgan fingerprint density at radius 3 is 2.94 bits per heavy atom. The third kappa shape index (κ3) is 2.66. The summed E-state index contributed by atoms with van der Waals surface area (Å²) in [6.45, 7) is 4.80. The molecular formula is C12H18N2O2S. The van der Waals surface area contributed by atoms with Crippen LogP contribution in [0.3, 0.4) is 0 Å². The first-order valence-electron chi connectivity index (χ1n) is 5.95. The molecule has 0 aliphatic carbocycles. The molecule has 17 heavy (non-hydrogen) atoms. The van der Waals surface area contributed by atoms with E-state index in [0.29, 0.717) is 6.42 Å². The van der Waals surface area contributed by atoms with E-state index in [1.807, 2.05) is 13.8 Å². The molecule has 94 valence electrons. The molecule has 1 saturated heterocycles. The van der Waals surface area contributed by atoms with E-state index in [1.165, 1.54) is 0 Å². The van der Waals surface area contributed by atoms with Gasteiger partial charge >= 0.3 is 0 Å². The van der Waals surface area contributed by atoms with E-state index in [0.717, 1.165) is 35.0 Å². The number of carbonyl (C=O) groups is 1. The van der Waals surface area contributed by atoms with Crippen LogP contribution in [0, 0.1) is 13.8 Å². The molecule has 1 aromatic heterocycles. The number of aliphatic hydroxyl groups is 1. The Morgan fingerprint density at radius 2 is 2.35 bits per heavy atom. The van der Waals surface area contributed by atoms with Crippen molar-refractivity contribution in [3.63, 3.8) is 0 Å². The number of amides is 1. The van der Waals surface area contributed by atoms with E-state index < -0.39 is 0 Å². The van der Waals surface area contributed by atoms with Crippen LogP contribution in [0.4, 0.5) is 0 Å². The molecule has 1 unspecified atom stereocenters. The lowest BCUT2D eigenvalue weighted by Gasteiger charge is -2.22. The van der Waals surface area contributed by atoms with E-state index in [2.05, 4.69) is 4.98 Å². The molecule has 0 aromatic carbocycles. The average Bonchev–Trinajstić information content (AvgIpc) is 2.85. The van der Waals surface area contributed by atoms with Gasteiger partial charge in [0.1, 0.15) is 0 Å². The van der Waals surface area contributed by atoms with Gasteiger partial charge in [-0.3, -0.25) is 4.79 Å². The summed E-state index contributed by atoms with van der Waals surface area (Å²) in [6.07, 6.45) is 2.27. The van der Waals surface area contributed by atoms with Crippen LogP contribution in [-0.4, -0.2) is 40.1 Å². The number of aliphatic hydroxyl groups excluding tert-OH is 1. The predicted molar refractivity (Wildman–Crippen MR) is 67.1 cm³/mol. The highest BCUT2D eigenvalue weighted by molar-refractivity contribution is 7.11. The van der Waals surface area contributed by atoms with Gasteiger partial charge in [0, 0.05) is 11.4 Å². The first-order chi connectivity index (χ1) is 8.11. The van der Waals surface area contributed by atoms with Crippen molar-refractivity contribution < 1.29 is 9.90 Å². The molecule has 2 heterocycles. The number of rotatable bonds is 3. The first kappa shape index (κ1) is 12.5. The van der Waals surface area contributed by atoms with Crippen LogP contribution in [0.25, 0.3) is 0 Å². The fourth-order valence-electron chi connectivity index (χ4n) is 2.33. The van der Waals surface area contributed by atoms with Gasteiger partial charge in [0.05, 0.1) is 29.8 Å². The number of likely N-dealkylation sites (tertiary alicyclic amines) is 1. The molecule has 1 atom stereocenters. The average molecular weight is 254 g/mol. The van der Waals surface area contributed by atoms with Crippen LogP contribution in [0.1, 0.15) is 28.4 Å². The molecule has 4 nitrogen and oxygen atoms in total. The lowest BCUT2D eigenvalue weighted by Crippen LogP contribution is -2.38. The zero-order chi connectivity index (χ0) is 12.4. The van der Waals surface area contributed by atoms with Crippen LogP contribution in [-0.2, 0) is 11.2 Å². The minimum atomic E-state index is 0.0162. The molecule has 2 rings (SSSR count). The van der Waals surface area contributed by atoms with Gasteiger partial charge in [-0.25, -0.2) is 4.98 Å². The van der Waals surface area contributed by atoms with Crippen molar-refractivity contribution in [2.45, 2.75) is 39.2 Å². The van der Waals surface area contributed by atoms with Gasteiger partial charge in [0.2, 0.25) is 5.91 Å². The maximum Gasteiger partial charge on any atom is 0.228 e. The highest BCUT2D eigenvalue weighted by Gasteiger charge is 2.28. The van der Waals surface area contributed by atoms with Crippen molar-refractivity contribution in [1.29, 1.82) is 0 Å². The summed E-state index contributed by atoms with van der Waals surface area (Å²) in [7, 11) is 0. The largest absolute Gasteiger partial charge is 0.394 e. The Labute approximate surface area is 105 Å². The zero-order valence-electron chi connectivity index (χ0n) is 10.3. The second kappa shape index (κ2) is 5.14. The van der Waals surface area contributed by atoms with E-state index in [4.69, 9.17) is 0 Å². The minimum absolute atomic E-state index is 0.0162. The van der Waals surface area contributed by atoms with Crippen molar-refractivity contribution >= 4 is 17.2 Å². The topological polar surface area (TPSA) is 53.4 Å². The number of thiazole rings is 1. The number of aromatic nitrogens is 1. The van der Waals surface area contributed by atoms with Crippen molar-refractivity contribution in [3.05, 3.63) is 15.6 Å². The van der Waals surface area contributed by atoms with Crippen molar-refractivity contribution in [3.8, 4) is 0 Å². The molecule has 1 amide bonds. The monoisotopic (exact) mass is 254 g/mol. The molecule has 5 heteroatoms. The zero-order valence-corrected chi connectivity index (χ0v) is 11.1. The summed E-state index contributed by atoms with van der Waals surface area (Å²) in [5, 5.41) is 10.2. The van der Waals surface area contributed by atoms with Crippen LogP contribution in [0.5, 0.6) is 0 Å². The predicted octanol–water partition coefficient (Wildman–Crippen LogP) is 1.29. The highest BCUT2D eigenvalue weighted by atomic mass is 32.1. The van der Waals surface area contributed by atoms with Crippen LogP contribution in [0.2, 0.25) is 0 Å². The van der Waals surface area contributed by atoms with Crippen molar-refractivity contribution in [1.82, 2.24) is 9.88 Å². The van der Waals surface area contributed by atoms with Crippen LogP contribution >= 0.6 is 11.3 Å². The number of carbonyl (C=O) groups excluding carboxylic acids is 1. The first-order valence-corrected chi connectivity index (χ1v) is 6.76. The molecule has 0 radical (unpaired) electrons. The summed E-state index contributed by atoms with van der Waals surface area (Å²) in [6, 6.07) is 0.0162. The van der Waals surface area contributed by atoms with Crippen molar-refractivity contribution in [2.24, 2.45) is 0 Å².